The van der Waals surface area contributed by atoms with Gasteiger partial charge >= 0.3 is 0 Å². The third kappa shape index (κ3) is 3.62. The van der Waals surface area contributed by atoms with Gasteiger partial charge < -0.3 is 10.2 Å². The maximum Gasteiger partial charge on any atom is 0.243 e. The summed E-state index contributed by atoms with van der Waals surface area (Å²) in [6.07, 6.45) is 1.20. The molecular weight excluding hydrogens is 210 g/mol. The van der Waals surface area contributed by atoms with Gasteiger partial charge in [-0.05, 0) is 6.42 Å². The first kappa shape index (κ1) is 12.6. The summed E-state index contributed by atoms with van der Waals surface area (Å²) in [5, 5.41) is 5.22. The minimum Gasteiger partial charge on any atom is -0.349 e. The zero-order chi connectivity index (χ0) is 12.1. The topological polar surface area (TPSA) is 78.5 Å². The second-order valence-electron chi connectivity index (χ2n) is 4.00. The van der Waals surface area contributed by atoms with Crippen LogP contribution in [0, 0.1) is 0 Å². The molecule has 0 spiro atoms. The summed E-state index contributed by atoms with van der Waals surface area (Å²) >= 11 is 0. The molecule has 1 rings (SSSR count). The van der Waals surface area contributed by atoms with E-state index in [0.29, 0.717) is 25.8 Å². The van der Waals surface area contributed by atoms with Crippen molar-refractivity contribution >= 4 is 17.7 Å². The van der Waals surface area contributed by atoms with E-state index in [-0.39, 0.29) is 23.8 Å². The van der Waals surface area contributed by atoms with Gasteiger partial charge in [0.25, 0.3) is 0 Å². The van der Waals surface area contributed by atoms with Gasteiger partial charge in [0.05, 0.1) is 6.04 Å². The minimum absolute atomic E-state index is 0.0137. The molecule has 2 N–H and O–H groups in total. The first-order chi connectivity index (χ1) is 7.50. The molecule has 1 atom stereocenters. The molecule has 1 saturated heterocycles. The smallest absolute Gasteiger partial charge is 0.243 e. The number of nitrogens with zero attached hydrogens (tertiary/aromatic N) is 1. The van der Waals surface area contributed by atoms with Crippen molar-refractivity contribution in [3.05, 3.63) is 0 Å². The van der Waals surface area contributed by atoms with Crippen molar-refractivity contribution in [3.8, 4) is 0 Å². The predicted molar refractivity (Wildman–Crippen MR) is 57.5 cm³/mol. The Bertz CT molecular complexity index is 302. The number of rotatable bonds is 4. The lowest BCUT2D eigenvalue weighted by molar-refractivity contribution is -0.135. The van der Waals surface area contributed by atoms with E-state index in [1.165, 1.54) is 4.90 Å². The standard InChI is InChI=1S/C10H17N3O3/c1-13(2)9(15)5-6-11-7-3-4-8(14)12-10(7)16/h7,11H,3-6H2,1-2H3,(H,12,14,16). The Morgan fingerprint density at radius 2 is 2.19 bits per heavy atom. The second kappa shape index (κ2) is 5.60. The molecule has 0 aliphatic carbocycles. The SMILES string of the molecule is CN(C)C(=O)CCNC1CCC(=O)NC1=O. The Morgan fingerprint density at radius 3 is 2.75 bits per heavy atom. The van der Waals surface area contributed by atoms with Crippen molar-refractivity contribution in [2.45, 2.75) is 25.3 Å². The molecule has 0 aromatic heterocycles. The molecule has 1 fully saturated rings. The van der Waals surface area contributed by atoms with Crippen LogP contribution in [0.2, 0.25) is 0 Å². The van der Waals surface area contributed by atoms with Crippen molar-refractivity contribution in [1.29, 1.82) is 0 Å². The summed E-state index contributed by atoms with van der Waals surface area (Å²) in [6.45, 7) is 0.448. The largest absolute Gasteiger partial charge is 0.349 e. The number of hydrogen-bond donors (Lipinski definition) is 2. The van der Waals surface area contributed by atoms with Gasteiger partial charge in [0.1, 0.15) is 0 Å². The Morgan fingerprint density at radius 1 is 1.50 bits per heavy atom. The summed E-state index contributed by atoms with van der Waals surface area (Å²) in [4.78, 5) is 34.9. The number of hydrogen-bond acceptors (Lipinski definition) is 4. The van der Waals surface area contributed by atoms with E-state index in [9.17, 15) is 14.4 Å². The normalized spacial score (nSPS) is 20.5. The van der Waals surface area contributed by atoms with Crippen LogP contribution in [0.1, 0.15) is 19.3 Å². The molecule has 0 radical (unpaired) electrons. The summed E-state index contributed by atoms with van der Waals surface area (Å²) in [5.74, 6) is -0.513. The molecule has 0 aromatic rings. The van der Waals surface area contributed by atoms with Crippen LogP contribution in [-0.4, -0.2) is 49.3 Å². The molecule has 0 bridgehead atoms. The third-order valence-corrected chi connectivity index (χ3v) is 2.47. The number of imide groups is 1. The summed E-state index contributed by atoms with van der Waals surface area (Å²) < 4.78 is 0. The van der Waals surface area contributed by atoms with Gasteiger partial charge in [-0.3, -0.25) is 19.7 Å². The zero-order valence-electron chi connectivity index (χ0n) is 9.58. The highest BCUT2D eigenvalue weighted by atomic mass is 16.2. The van der Waals surface area contributed by atoms with E-state index in [4.69, 9.17) is 0 Å². The lowest BCUT2D eigenvalue weighted by Crippen LogP contribution is -2.51. The van der Waals surface area contributed by atoms with Gasteiger partial charge in [-0.1, -0.05) is 0 Å². The molecule has 6 nitrogen and oxygen atoms in total. The Balaban J connectivity index is 2.25. The molecule has 0 aromatic carbocycles. The lowest BCUT2D eigenvalue weighted by Gasteiger charge is -2.22. The van der Waals surface area contributed by atoms with Gasteiger partial charge in [-0.25, -0.2) is 0 Å². The highest BCUT2D eigenvalue weighted by Crippen LogP contribution is 2.04. The van der Waals surface area contributed by atoms with Crippen molar-refractivity contribution in [2.24, 2.45) is 0 Å². The fourth-order valence-electron chi connectivity index (χ4n) is 1.47. The highest BCUT2D eigenvalue weighted by molar-refractivity contribution is 6.00. The Labute approximate surface area is 94.4 Å². The van der Waals surface area contributed by atoms with E-state index in [1.54, 1.807) is 14.1 Å². The van der Waals surface area contributed by atoms with E-state index < -0.39 is 0 Å². The third-order valence-electron chi connectivity index (χ3n) is 2.47. The fourth-order valence-corrected chi connectivity index (χ4v) is 1.47. The Kier molecular flexibility index (Phi) is 4.42. The van der Waals surface area contributed by atoms with Crippen LogP contribution in [0.5, 0.6) is 0 Å². The van der Waals surface area contributed by atoms with E-state index >= 15 is 0 Å². The number of carbonyl (C=O) groups excluding carboxylic acids is 3. The molecule has 0 saturated carbocycles. The van der Waals surface area contributed by atoms with Crippen molar-refractivity contribution in [2.75, 3.05) is 20.6 Å². The van der Waals surface area contributed by atoms with Crippen LogP contribution in [-0.2, 0) is 14.4 Å². The number of amides is 3. The van der Waals surface area contributed by atoms with Crippen molar-refractivity contribution in [3.63, 3.8) is 0 Å². The monoisotopic (exact) mass is 227 g/mol. The van der Waals surface area contributed by atoms with Gasteiger partial charge in [0.15, 0.2) is 0 Å². The van der Waals surface area contributed by atoms with Crippen molar-refractivity contribution in [1.82, 2.24) is 15.5 Å². The molecule has 90 valence electrons. The lowest BCUT2D eigenvalue weighted by atomic mass is 10.1. The van der Waals surface area contributed by atoms with E-state index in [2.05, 4.69) is 10.6 Å². The van der Waals surface area contributed by atoms with Crippen molar-refractivity contribution < 1.29 is 14.4 Å². The average Bonchev–Trinajstić information content (AvgIpc) is 2.20. The second-order valence-corrected chi connectivity index (χ2v) is 4.00. The molecule has 1 unspecified atom stereocenters. The molecule has 3 amide bonds. The average molecular weight is 227 g/mol. The van der Waals surface area contributed by atoms with Crippen LogP contribution in [0.25, 0.3) is 0 Å². The zero-order valence-corrected chi connectivity index (χ0v) is 9.58. The van der Waals surface area contributed by atoms with Gasteiger partial charge in [0, 0.05) is 33.5 Å². The first-order valence-electron chi connectivity index (χ1n) is 5.28. The summed E-state index contributed by atoms with van der Waals surface area (Å²) in [7, 11) is 3.38. The van der Waals surface area contributed by atoms with Crippen LogP contribution in [0.3, 0.4) is 0 Å². The molecule has 1 aliphatic heterocycles. The highest BCUT2D eigenvalue weighted by Gasteiger charge is 2.25. The van der Waals surface area contributed by atoms with Gasteiger partial charge in [-0.15, -0.1) is 0 Å². The number of nitrogens with one attached hydrogen (secondary N) is 2. The molecule has 1 heterocycles. The summed E-state index contributed by atoms with van der Waals surface area (Å²) in [6, 6.07) is -0.354. The van der Waals surface area contributed by atoms with Crippen LogP contribution < -0.4 is 10.6 Å². The maximum atomic E-state index is 11.3. The van der Waals surface area contributed by atoms with Crippen LogP contribution in [0.15, 0.2) is 0 Å². The predicted octanol–water partition coefficient (Wildman–Crippen LogP) is -1.14. The van der Waals surface area contributed by atoms with Crippen LogP contribution in [0.4, 0.5) is 0 Å². The van der Waals surface area contributed by atoms with E-state index in [0.717, 1.165) is 0 Å². The van der Waals surface area contributed by atoms with Crippen LogP contribution >= 0.6 is 0 Å². The maximum absolute atomic E-state index is 11.3. The quantitative estimate of drug-likeness (QED) is 0.595. The molecule has 6 heteroatoms. The molecule has 1 aliphatic rings. The van der Waals surface area contributed by atoms with E-state index in [1.807, 2.05) is 0 Å². The summed E-state index contributed by atoms with van der Waals surface area (Å²) in [5.41, 5.74) is 0. The molecular formula is C10H17N3O3. The number of piperidine rings is 1. The van der Waals surface area contributed by atoms with Gasteiger partial charge in [0.2, 0.25) is 17.7 Å². The number of carbonyl (C=O) groups is 3. The fraction of sp³-hybridized carbons (Fsp3) is 0.700. The minimum atomic E-state index is -0.354. The molecule has 16 heavy (non-hydrogen) atoms. The first-order valence-corrected chi connectivity index (χ1v) is 5.28. The Hall–Kier alpha value is -1.43. The van der Waals surface area contributed by atoms with Gasteiger partial charge in [-0.2, -0.15) is 0 Å².